The Hall–Kier alpha value is -3.68. The van der Waals surface area contributed by atoms with Crippen LogP contribution < -0.4 is 5.32 Å². The SMILES string of the molecule is CC/C=C/C=C/C=C\C=C/C=C/CCC(O)C(=O)NC(COC1OC(CO)C(O)C(O)C1OC(=O)CCCCCCC\C=C/C=C/C=C/CC)C(O)/C=C/CCCCCCCCCCCC. The number of hydrogen-bond acceptors (Lipinski definition) is 10. The van der Waals surface area contributed by atoms with Gasteiger partial charge in [-0.05, 0) is 57.8 Å². The second kappa shape index (κ2) is 42.7. The number of allylic oxidation sites excluding steroid dienone is 17. The average Bonchev–Trinajstić information content (AvgIpc) is 3.31. The number of aliphatic hydroxyl groups excluding tert-OH is 5. The van der Waals surface area contributed by atoms with Crippen molar-refractivity contribution in [2.45, 2.75) is 211 Å². The topological polar surface area (TPSA) is 175 Å². The largest absolute Gasteiger partial charge is 0.454 e. The Labute approximate surface area is 398 Å². The molecule has 0 radical (unpaired) electrons. The third-order valence-electron chi connectivity index (χ3n) is 11.1. The maximum Gasteiger partial charge on any atom is 0.306 e. The van der Waals surface area contributed by atoms with Crippen LogP contribution in [-0.2, 0) is 23.8 Å². The Morgan fingerprint density at radius 2 is 1.09 bits per heavy atom. The third kappa shape index (κ3) is 31.3. The van der Waals surface area contributed by atoms with E-state index in [0.717, 1.165) is 70.6 Å². The van der Waals surface area contributed by atoms with Crippen LogP contribution in [0.4, 0.5) is 0 Å². The zero-order chi connectivity index (χ0) is 48.3. The molecule has 6 N–H and O–H groups in total. The van der Waals surface area contributed by atoms with Gasteiger partial charge in [-0.1, -0.05) is 207 Å². The molecule has 0 aromatic heterocycles. The second-order valence-corrected chi connectivity index (χ2v) is 17.0. The van der Waals surface area contributed by atoms with Crippen LogP contribution >= 0.6 is 0 Å². The molecule has 8 unspecified atom stereocenters. The summed E-state index contributed by atoms with van der Waals surface area (Å²) in [6.07, 6.45) is 45.9. The highest BCUT2D eigenvalue weighted by atomic mass is 16.7. The molecular formula is C55H89NO10. The molecule has 0 aromatic rings. The van der Waals surface area contributed by atoms with Crippen molar-refractivity contribution in [3.63, 3.8) is 0 Å². The van der Waals surface area contributed by atoms with Crippen molar-refractivity contribution in [3.8, 4) is 0 Å². The zero-order valence-electron chi connectivity index (χ0n) is 40.8. The Kier molecular flexibility index (Phi) is 39.0. The molecule has 1 heterocycles. The molecule has 0 spiro atoms. The first-order chi connectivity index (χ1) is 32.2. The molecule has 11 heteroatoms. The van der Waals surface area contributed by atoms with E-state index in [4.69, 9.17) is 14.2 Å². The number of carbonyl (C=O) groups is 2. The van der Waals surface area contributed by atoms with Crippen molar-refractivity contribution < 1.29 is 49.3 Å². The van der Waals surface area contributed by atoms with Crippen molar-refractivity contribution >= 4 is 11.9 Å². The summed E-state index contributed by atoms with van der Waals surface area (Å²) in [6, 6.07) is -1.07. The Morgan fingerprint density at radius 3 is 1.64 bits per heavy atom. The lowest BCUT2D eigenvalue weighted by atomic mass is 9.99. The van der Waals surface area contributed by atoms with E-state index in [9.17, 15) is 35.1 Å². The van der Waals surface area contributed by atoms with Crippen LogP contribution in [0.2, 0.25) is 0 Å². The summed E-state index contributed by atoms with van der Waals surface area (Å²) < 4.78 is 17.4. The van der Waals surface area contributed by atoms with Gasteiger partial charge in [0.15, 0.2) is 12.4 Å². The van der Waals surface area contributed by atoms with E-state index in [2.05, 4.69) is 44.3 Å². The fourth-order valence-electron chi connectivity index (χ4n) is 7.09. The Balaban J connectivity index is 2.88. The minimum atomic E-state index is -1.64. The summed E-state index contributed by atoms with van der Waals surface area (Å²) in [7, 11) is 0. The van der Waals surface area contributed by atoms with Gasteiger partial charge in [-0.15, -0.1) is 0 Å². The number of ether oxygens (including phenoxy) is 3. The van der Waals surface area contributed by atoms with Crippen LogP contribution in [0.1, 0.15) is 162 Å². The molecule has 11 nitrogen and oxygen atoms in total. The summed E-state index contributed by atoms with van der Waals surface area (Å²) >= 11 is 0. The summed E-state index contributed by atoms with van der Waals surface area (Å²) in [5, 5.41) is 56.4. The lowest BCUT2D eigenvalue weighted by molar-refractivity contribution is -0.305. The summed E-state index contributed by atoms with van der Waals surface area (Å²) in [4.78, 5) is 26.3. The minimum Gasteiger partial charge on any atom is -0.454 e. The van der Waals surface area contributed by atoms with Crippen molar-refractivity contribution in [1.29, 1.82) is 0 Å². The molecule has 0 saturated carbocycles. The predicted molar refractivity (Wildman–Crippen MR) is 268 cm³/mol. The molecule has 0 aromatic carbocycles. The number of hydrogen-bond donors (Lipinski definition) is 6. The Morgan fingerprint density at radius 1 is 0.606 bits per heavy atom. The minimum absolute atomic E-state index is 0.0852. The van der Waals surface area contributed by atoms with Crippen molar-refractivity contribution in [2.24, 2.45) is 0 Å². The molecule has 1 rings (SSSR count). The molecule has 1 saturated heterocycles. The molecule has 1 aliphatic heterocycles. The number of nitrogens with one attached hydrogen (secondary N) is 1. The number of aliphatic hydroxyl groups is 5. The first-order valence-electron chi connectivity index (χ1n) is 25.3. The summed E-state index contributed by atoms with van der Waals surface area (Å²) in [6.45, 7) is 5.39. The van der Waals surface area contributed by atoms with E-state index in [0.29, 0.717) is 12.8 Å². The van der Waals surface area contributed by atoms with Crippen LogP contribution in [0.25, 0.3) is 0 Å². The second-order valence-electron chi connectivity index (χ2n) is 17.0. The molecule has 8 atom stereocenters. The normalized spacial score (nSPS) is 21.1. The molecule has 374 valence electrons. The number of amides is 1. The Bertz CT molecular complexity index is 1480. The van der Waals surface area contributed by atoms with Crippen LogP contribution in [0.15, 0.2) is 109 Å². The van der Waals surface area contributed by atoms with E-state index < -0.39 is 67.4 Å². The molecule has 1 fully saturated rings. The van der Waals surface area contributed by atoms with E-state index in [1.54, 1.807) is 6.08 Å². The number of rotatable bonds is 39. The molecule has 66 heavy (non-hydrogen) atoms. The summed E-state index contributed by atoms with van der Waals surface area (Å²) in [5.41, 5.74) is 0. The number of unbranched alkanes of at least 4 members (excludes halogenated alkanes) is 15. The quantitative estimate of drug-likeness (QED) is 0.0151. The molecule has 1 amide bonds. The van der Waals surface area contributed by atoms with Gasteiger partial charge < -0.3 is 45.1 Å². The lowest BCUT2D eigenvalue weighted by Gasteiger charge is -2.41. The van der Waals surface area contributed by atoms with Crippen LogP contribution in [0, 0.1) is 0 Å². The van der Waals surface area contributed by atoms with Crippen LogP contribution in [-0.4, -0.2) is 99.6 Å². The maximum atomic E-state index is 13.3. The molecular weight excluding hydrogens is 835 g/mol. The van der Waals surface area contributed by atoms with Gasteiger partial charge in [0.25, 0.3) is 0 Å². The fourth-order valence-corrected chi connectivity index (χ4v) is 7.09. The smallest absolute Gasteiger partial charge is 0.306 e. The highest BCUT2D eigenvalue weighted by Crippen LogP contribution is 2.26. The highest BCUT2D eigenvalue weighted by molar-refractivity contribution is 5.80. The average molecular weight is 924 g/mol. The van der Waals surface area contributed by atoms with E-state index in [-0.39, 0.29) is 19.4 Å². The van der Waals surface area contributed by atoms with Crippen LogP contribution in [0.3, 0.4) is 0 Å². The van der Waals surface area contributed by atoms with Gasteiger partial charge in [-0.25, -0.2) is 0 Å². The predicted octanol–water partition coefficient (Wildman–Crippen LogP) is 10.2. The highest BCUT2D eigenvalue weighted by Gasteiger charge is 2.47. The zero-order valence-corrected chi connectivity index (χ0v) is 40.8. The number of esters is 1. The van der Waals surface area contributed by atoms with Gasteiger partial charge in [0.1, 0.15) is 24.4 Å². The van der Waals surface area contributed by atoms with Gasteiger partial charge >= 0.3 is 5.97 Å². The van der Waals surface area contributed by atoms with Gasteiger partial charge in [-0.2, -0.15) is 0 Å². The lowest BCUT2D eigenvalue weighted by Crippen LogP contribution is -2.61. The monoisotopic (exact) mass is 924 g/mol. The van der Waals surface area contributed by atoms with Gasteiger partial charge in [0.2, 0.25) is 5.91 Å². The first kappa shape index (κ1) is 60.3. The summed E-state index contributed by atoms with van der Waals surface area (Å²) in [5.74, 6) is -1.31. The van der Waals surface area contributed by atoms with Crippen LogP contribution in [0.5, 0.6) is 0 Å². The van der Waals surface area contributed by atoms with Crippen molar-refractivity contribution in [1.82, 2.24) is 5.32 Å². The van der Waals surface area contributed by atoms with Gasteiger partial charge in [0.05, 0.1) is 25.4 Å². The molecule has 0 bridgehead atoms. The van der Waals surface area contributed by atoms with Crippen molar-refractivity contribution in [2.75, 3.05) is 13.2 Å². The first-order valence-corrected chi connectivity index (χ1v) is 25.3. The fraction of sp³-hybridized carbons (Fsp3) is 0.636. The standard InChI is InChI=1S/C55H89NO10/c1-4-7-10-13-16-19-22-25-28-31-34-37-40-43-50(60)66-53-52(62)51(61)49(44-57)65-55(53)64-45-46(47(58)41-38-35-32-29-26-23-20-17-14-11-8-5-2)56-54(63)48(59)42-39-36-33-30-27-24-21-18-15-12-9-6-3/h7,9-10,12-13,15-16,18-19,21-22,24,27,30,33,36,38,41,46-49,51-53,55,57-59,61-62H,4-6,8,11,14,17,20,23,25-26,28-29,31-32,34-35,37,39-40,42-45H2,1-3H3,(H,56,63)/b10-7+,12-9+,16-13+,18-15+,22-19-,24-21-,30-27-,36-33+,41-38+. The van der Waals surface area contributed by atoms with Gasteiger partial charge in [-0.3, -0.25) is 9.59 Å². The third-order valence-corrected chi connectivity index (χ3v) is 11.1. The molecule has 0 aliphatic carbocycles. The van der Waals surface area contributed by atoms with E-state index in [1.165, 1.54) is 44.9 Å². The maximum absolute atomic E-state index is 13.3. The van der Waals surface area contributed by atoms with E-state index >= 15 is 0 Å². The number of carbonyl (C=O) groups excluding carboxylic acids is 2. The van der Waals surface area contributed by atoms with Crippen molar-refractivity contribution in [3.05, 3.63) is 109 Å². The van der Waals surface area contributed by atoms with E-state index in [1.807, 2.05) is 85.1 Å². The van der Waals surface area contributed by atoms with Gasteiger partial charge in [0, 0.05) is 6.42 Å². The molecule has 1 aliphatic rings.